The van der Waals surface area contributed by atoms with Crippen molar-refractivity contribution < 1.29 is 9.84 Å². The van der Waals surface area contributed by atoms with Crippen LogP contribution in [0.5, 0.6) is 5.75 Å². The summed E-state index contributed by atoms with van der Waals surface area (Å²) < 4.78 is 5.53. The smallest absolute Gasteiger partial charge is 0.122 e. The van der Waals surface area contributed by atoms with Gasteiger partial charge in [-0.3, -0.25) is 4.90 Å². The molecule has 1 N–H and O–H groups in total. The fourth-order valence-corrected chi connectivity index (χ4v) is 2.57. The van der Waals surface area contributed by atoms with Crippen LogP contribution < -0.4 is 4.74 Å². The van der Waals surface area contributed by atoms with E-state index in [-0.39, 0.29) is 6.10 Å². The van der Waals surface area contributed by atoms with Crippen molar-refractivity contribution in [1.29, 1.82) is 0 Å². The Morgan fingerprint density at radius 2 is 2.11 bits per heavy atom. The van der Waals surface area contributed by atoms with Crippen molar-refractivity contribution in [3.05, 3.63) is 29.3 Å². The predicted octanol–water partition coefficient (Wildman–Crippen LogP) is 2.26. The molecule has 0 bridgehead atoms. The number of benzene rings is 1. The van der Waals surface area contributed by atoms with Crippen LogP contribution in [0, 0.1) is 0 Å². The van der Waals surface area contributed by atoms with Crippen LogP contribution in [0.4, 0.5) is 0 Å². The van der Waals surface area contributed by atoms with Crippen LogP contribution in [0.25, 0.3) is 0 Å². The molecule has 0 saturated heterocycles. The standard InChI is InChI=1S/C16H25NO2/c1-12(2)17(11-13(3)18)8-6-14-4-5-16-15(10-14)7-9-19-16/h4-5,10,12-13,18H,6-9,11H2,1-3H3. The summed E-state index contributed by atoms with van der Waals surface area (Å²) in [5.41, 5.74) is 2.70. The molecule has 19 heavy (non-hydrogen) atoms. The minimum atomic E-state index is -0.268. The van der Waals surface area contributed by atoms with Gasteiger partial charge in [-0.1, -0.05) is 12.1 Å². The molecule has 1 aliphatic heterocycles. The molecule has 1 aliphatic rings. The second kappa shape index (κ2) is 6.40. The molecule has 0 amide bonds. The van der Waals surface area contributed by atoms with Crippen molar-refractivity contribution in [1.82, 2.24) is 4.90 Å². The molecule has 3 heteroatoms. The van der Waals surface area contributed by atoms with E-state index in [2.05, 4.69) is 36.9 Å². The minimum Gasteiger partial charge on any atom is -0.493 e. The summed E-state index contributed by atoms with van der Waals surface area (Å²) in [5.74, 6) is 1.05. The largest absolute Gasteiger partial charge is 0.493 e. The zero-order valence-corrected chi connectivity index (χ0v) is 12.2. The first-order valence-electron chi connectivity index (χ1n) is 7.23. The van der Waals surface area contributed by atoms with Crippen LogP contribution >= 0.6 is 0 Å². The van der Waals surface area contributed by atoms with Gasteiger partial charge < -0.3 is 9.84 Å². The lowest BCUT2D eigenvalue weighted by Crippen LogP contribution is -2.38. The van der Waals surface area contributed by atoms with Crippen molar-refractivity contribution in [2.45, 2.75) is 45.8 Å². The molecule has 1 atom stereocenters. The first-order valence-corrected chi connectivity index (χ1v) is 7.23. The number of hydrogen-bond donors (Lipinski definition) is 1. The molecule has 1 heterocycles. The molecule has 0 fully saturated rings. The average molecular weight is 263 g/mol. The van der Waals surface area contributed by atoms with E-state index in [0.29, 0.717) is 6.04 Å². The number of aliphatic hydroxyl groups excluding tert-OH is 1. The van der Waals surface area contributed by atoms with E-state index in [1.54, 1.807) is 0 Å². The van der Waals surface area contributed by atoms with Crippen LogP contribution in [0.2, 0.25) is 0 Å². The Morgan fingerprint density at radius 1 is 1.32 bits per heavy atom. The number of rotatable bonds is 6. The van der Waals surface area contributed by atoms with Gasteiger partial charge in [0.2, 0.25) is 0 Å². The molecule has 3 nitrogen and oxygen atoms in total. The highest BCUT2D eigenvalue weighted by molar-refractivity contribution is 5.39. The maximum absolute atomic E-state index is 9.54. The molecule has 1 unspecified atom stereocenters. The molecule has 106 valence electrons. The summed E-state index contributed by atoms with van der Waals surface area (Å²) >= 11 is 0. The van der Waals surface area contributed by atoms with Crippen LogP contribution in [0.15, 0.2) is 18.2 Å². The third kappa shape index (κ3) is 3.95. The third-order valence-corrected chi connectivity index (χ3v) is 3.67. The third-order valence-electron chi connectivity index (χ3n) is 3.67. The minimum absolute atomic E-state index is 0.268. The monoisotopic (exact) mass is 263 g/mol. The van der Waals surface area contributed by atoms with Gasteiger partial charge in [0, 0.05) is 25.6 Å². The molecule has 0 radical (unpaired) electrons. The fraction of sp³-hybridized carbons (Fsp3) is 0.625. The number of fused-ring (bicyclic) bond motifs is 1. The molecule has 1 aromatic rings. The van der Waals surface area contributed by atoms with Gasteiger partial charge in [-0.05, 0) is 44.4 Å². The van der Waals surface area contributed by atoms with Crippen molar-refractivity contribution in [2.75, 3.05) is 19.7 Å². The highest BCUT2D eigenvalue weighted by atomic mass is 16.5. The Morgan fingerprint density at radius 3 is 2.79 bits per heavy atom. The first-order chi connectivity index (χ1) is 9.06. The Kier molecular flexibility index (Phi) is 4.83. The normalized spacial score (nSPS) is 15.7. The highest BCUT2D eigenvalue weighted by Crippen LogP contribution is 2.26. The number of ether oxygens (including phenoxy) is 1. The van der Waals surface area contributed by atoms with Gasteiger partial charge in [-0.2, -0.15) is 0 Å². The lowest BCUT2D eigenvalue weighted by molar-refractivity contribution is 0.108. The van der Waals surface area contributed by atoms with Gasteiger partial charge in [0.25, 0.3) is 0 Å². The Balaban J connectivity index is 1.93. The van der Waals surface area contributed by atoms with E-state index < -0.39 is 0 Å². The molecular formula is C16H25NO2. The summed E-state index contributed by atoms with van der Waals surface area (Å²) in [7, 11) is 0. The van der Waals surface area contributed by atoms with Gasteiger partial charge in [-0.25, -0.2) is 0 Å². The fourth-order valence-electron chi connectivity index (χ4n) is 2.57. The summed E-state index contributed by atoms with van der Waals surface area (Å²) in [5, 5.41) is 9.54. The molecular weight excluding hydrogens is 238 g/mol. The topological polar surface area (TPSA) is 32.7 Å². The lowest BCUT2D eigenvalue weighted by atomic mass is 10.1. The maximum Gasteiger partial charge on any atom is 0.122 e. The molecule has 1 aromatic carbocycles. The SMILES string of the molecule is CC(O)CN(CCc1ccc2c(c1)CCO2)C(C)C. The summed E-state index contributed by atoms with van der Waals surface area (Å²) in [4.78, 5) is 2.33. The summed E-state index contributed by atoms with van der Waals surface area (Å²) in [6.45, 7) is 8.76. The van der Waals surface area contributed by atoms with E-state index in [9.17, 15) is 5.11 Å². The highest BCUT2D eigenvalue weighted by Gasteiger charge is 2.14. The van der Waals surface area contributed by atoms with Crippen LogP contribution in [-0.2, 0) is 12.8 Å². The number of aliphatic hydroxyl groups is 1. The van der Waals surface area contributed by atoms with Crippen molar-refractivity contribution in [3.63, 3.8) is 0 Å². The van der Waals surface area contributed by atoms with E-state index in [1.165, 1.54) is 11.1 Å². The van der Waals surface area contributed by atoms with Crippen LogP contribution in [0.3, 0.4) is 0 Å². The molecule has 0 aliphatic carbocycles. The van der Waals surface area contributed by atoms with Crippen molar-refractivity contribution in [3.8, 4) is 5.75 Å². The Labute approximate surface area is 116 Å². The average Bonchev–Trinajstić information content (AvgIpc) is 2.80. The quantitative estimate of drug-likeness (QED) is 0.854. The second-order valence-corrected chi connectivity index (χ2v) is 5.73. The lowest BCUT2D eigenvalue weighted by Gasteiger charge is -2.27. The van der Waals surface area contributed by atoms with Crippen molar-refractivity contribution >= 4 is 0 Å². The van der Waals surface area contributed by atoms with Gasteiger partial charge >= 0.3 is 0 Å². The zero-order valence-electron chi connectivity index (χ0n) is 12.2. The summed E-state index contributed by atoms with van der Waals surface area (Å²) in [6, 6.07) is 6.98. The van der Waals surface area contributed by atoms with Crippen LogP contribution in [0.1, 0.15) is 31.9 Å². The zero-order chi connectivity index (χ0) is 13.8. The molecule has 0 aromatic heterocycles. The second-order valence-electron chi connectivity index (χ2n) is 5.73. The van der Waals surface area contributed by atoms with E-state index in [1.807, 2.05) is 6.92 Å². The van der Waals surface area contributed by atoms with Gasteiger partial charge in [-0.15, -0.1) is 0 Å². The number of nitrogens with zero attached hydrogens (tertiary/aromatic N) is 1. The molecule has 2 rings (SSSR count). The Bertz CT molecular complexity index is 415. The Hall–Kier alpha value is -1.06. The number of hydrogen-bond acceptors (Lipinski definition) is 3. The maximum atomic E-state index is 9.54. The molecule has 0 saturated carbocycles. The van der Waals surface area contributed by atoms with E-state index >= 15 is 0 Å². The predicted molar refractivity (Wildman–Crippen MR) is 77.7 cm³/mol. The van der Waals surface area contributed by atoms with Gasteiger partial charge in [0.1, 0.15) is 5.75 Å². The first kappa shape index (κ1) is 14.4. The van der Waals surface area contributed by atoms with E-state index in [0.717, 1.165) is 38.3 Å². The molecule has 0 spiro atoms. The van der Waals surface area contributed by atoms with Gasteiger partial charge in [0.05, 0.1) is 12.7 Å². The van der Waals surface area contributed by atoms with Crippen molar-refractivity contribution in [2.24, 2.45) is 0 Å². The van der Waals surface area contributed by atoms with E-state index in [4.69, 9.17) is 4.74 Å². The van der Waals surface area contributed by atoms with Gasteiger partial charge in [0.15, 0.2) is 0 Å². The van der Waals surface area contributed by atoms with Crippen LogP contribution in [-0.4, -0.2) is 41.8 Å². The summed E-state index contributed by atoms with van der Waals surface area (Å²) in [6.07, 6.45) is 1.79.